The fourth-order valence-electron chi connectivity index (χ4n) is 1.33. The first-order valence-electron chi connectivity index (χ1n) is 5.34. The summed E-state index contributed by atoms with van der Waals surface area (Å²) in [5, 5.41) is 36.7. The monoisotopic (exact) mass is 390 g/mol. The number of aliphatic hydroxyl groups excluding tert-OH is 4. The minimum atomic E-state index is -4.67. The van der Waals surface area contributed by atoms with E-state index >= 15 is 0 Å². The predicted molar refractivity (Wildman–Crippen MR) is 69.1 cm³/mol. The smallest absolute Gasteiger partial charge is 0.394 e. The van der Waals surface area contributed by atoms with Crippen molar-refractivity contribution in [2.75, 3.05) is 13.7 Å². The van der Waals surface area contributed by atoms with Crippen LogP contribution in [0.5, 0.6) is 0 Å². The lowest BCUT2D eigenvalue weighted by molar-refractivity contribution is -0.291. The Morgan fingerprint density at radius 2 is 1.26 bits per heavy atom. The molecule has 1 saturated heterocycles. The van der Waals surface area contributed by atoms with Crippen molar-refractivity contribution in [1.82, 2.24) is 0 Å². The van der Waals surface area contributed by atoms with Gasteiger partial charge in [-0.1, -0.05) is 0 Å². The Morgan fingerprint density at radius 3 is 1.52 bits per heavy atom. The quantitative estimate of drug-likeness (QED) is 0.210. The van der Waals surface area contributed by atoms with Crippen LogP contribution in [0.1, 0.15) is 0 Å². The third-order valence-corrected chi connectivity index (χ3v) is 2.11. The maximum Gasteiger partial charge on any atom is 0.394 e. The molecule has 5 atom stereocenters. The maximum atomic E-state index is 9.38. The normalized spacial score (nSPS) is 31.3. The van der Waals surface area contributed by atoms with Crippen LogP contribution in [-0.4, -0.2) is 99.9 Å². The Hall–Kier alpha value is -0.500. The Labute approximate surface area is 131 Å². The molecule has 1 heterocycles. The molecule has 0 aliphatic carbocycles. The standard InChI is InChI=1S/C7H14O6.2H2O4S/c1-12-6-5(10)4(9)3(2-8)13-7(6)11;2*1-5(2,3)4/h3-11H,2H2,1H3;2*(H2,1,2,3,4)/t3-,4-,5+,6-,7+;;/m1../s1. The lowest BCUT2D eigenvalue weighted by atomic mass is 9.99. The molecule has 1 fully saturated rings. The number of aliphatic hydroxyl groups is 4. The van der Waals surface area contributed by atoms with Gasteiger partial charge >= 0.3 is 20.8 Å². The lowest BCUT2D eigenvalue weighted by Crippen LogP contribution is -2.59. The van der Waals surface area contributed by atoms with Gasteiger partial charge in [0.2, 0.25) is 0 Å². The summed E-state index contributed by atoms with van der Waals surface area (Å²) in [6, 6.07) is 0. The van der Waals surface area contributed by atoms with Gasteiger partial charge in [0.25, 0.3) is 0 Å². The molecule has 1 aliphatic heterocycles. The van der Waals surface area contributed by atoms with Crippen molar-refractivity contribution < 1.29 is 64.9 Å². The molecule has 0 bridgehead atoms. The summed E-state index contributed by atoms with van der Waals surface area (Å²) in [6.07, 6.45) is -5.81. The van der Waals surface area contributed by atoms with Crippen LogP contribution in [-0.2, 0) is 30.3 Å². The van der Waals surface area contributed by atoms with Gasteiger partial charge < -0.3 is 29.9 Å². The first kappa shape index (κ1) is 24.7. The second-order valence-electron chi connectivity index (χ2n) is 3.82. The van der Waals surface area contributed by atoms with E-state index < -0.39 is 58.1 Å². The average Bonchev–Trinajstić information content (AvgIpc) is 2.30. The highest BCUT2D eigenvalue weighted by Crippen LogP contribution is 2.21. The van der Waals surface area contributed by atoms with Crippen LogP contribution in [0.3, 0.4) is 0 Å². The van der Waals surface area contributed by atoms with Gasteiger partial charge in [-0.15, -0.1) is 0 Å². The van der Waals surface area contributed by atoms with E-state index in [1.165, 1.54) is 7.11 Å². The van der Waals surface area contributed by atoms with Crippen molar-refractivity contribution in [2.45, 2.75) is 30.7 Å². The van der Waals surface area contributed by atoms with Crippen LogP contribution in [0.25, 0.3) is 0 Å². The minimum absolute atomic E-state index is 0.467. The topological polar surface area (TPSA) is 249 Å². The number of methoxy groups -OCH3 is 1. The molecule has 0 aromatic heterocycles. The second kappa shape index (κ2) is 10.4. The molecule has 0 amide bonds. The molecule has 1 aliphatic rings. The third-order valence-electron chi connectivity index (χ3n) is 2.11. The molecular weight excluding hydrogens is 372 g/mol. The first-order valence-corrected chi connectivity index (χ1v) is 8.14. The van der Waals surface area contributed by atoms with E-state index in [9.17, 15) is 15.3 Å². The number of hydrogen-bond acceptors (Lipinski definition) is 10. The summed E-state index contributed by atoms with van der Waals surface area (Å²) >= 11 is 0. The number of ether oxygens (including phenoxy) is 2. The Morgan fingerprint density at radius 1 is 0.913 bits per heavy atom. The van der Waals surface area contributed by atoms with Gasteiger partial charge in [0.1, 0.15) is 24.4 Å². The average molecular weight is 390 g/mol. The molecule has 1 rings (SSSR count). The number of hydrogen-bond donors (Lipinski definition) is 8. The summed E-state index contributed by atoms with van der Waals surface area (Å²) in [6.45, 7) is -0.467. The Balaban J connectivity index is 0. The van der Waals surface area contributed by atoms with Crippen LogP contribution in [0.2, 0.25) is 0 Å². The third kappa shape index (κ3) is 14.8. The van der Waals surface area contributed by atoms with Gasteiger partial charge in [0.05, 0.1) is 6.61 Å². The minimum Gasteiger partial charge on any atom is -0.394 e. The molecule has 0 unspecified atom stereocenters. The van der Waals surface area contributed by atoms with E-state index in [0.717, 1.165) is 0 Å². The van der Waals surface area contributed by atoms with Gasteiger partial charge in [-0.25, -0.2) is 0 Å². The van der Waals surface area contributed by atoms with E-state index in [0.29, 0.717) is 0 Å². The SMILES string of the molecule is CO[C@@H]1[C@@H](O)[C@H](O)[C@@H](CO)O[C@@H]1O.O=S(=O)(O)O.O=S(=O)(O)O. The van der Waals surface area contributed by atoms with Gasteiger partial charge in [-0.2, -0.15) is 16.8 Å². The highest BCUT2D eigenvalue weighted by molar-refractivity contribution is 7.80. The molecule has 142 valence electrons. The summed E-state index contributed by atoms with van der Waals surface area (Å²) in [5.74, 6) is 0. The van der Waals surface area contributed by atoms with Gasteiger partial charge in [-0.3, -0.25) is 18.2 Å². The fourth-order valence-corrected chi connectivity index (χ4v) is 1.33. The molecule has 8 N–H and O–H groups in total. The van der Waals surface area contributed by atoms with Crippen LogP contribution < -0.4 is 0 Å². The molecule has 0 spiro atoms. The van der Waals surface area contributed by atoms with Crippen LogP contribution in [0, 0.1) is 0 Å². The molecule has 16 heteroatoms. The molecule has 0 saturated carbocycles. The molecule has 14 nitrogen and oxygen atoms in total. The van der Waals surface area contributed by atoms with Crippen LogP contribution in [0.4, 0.5) is 0 Å². The zero-order valence-corrected chi connectivity index (χ0v) is 13.1. The van der Waals surface area contributed by atoms with Crippen LogP contribution >= 0.6 is 0 Å². The zero-order valence-electron chi connectivity index (χ0n) is 11.4. The first-order chi connectivity index (χ1) is 10.1. The lowest BCUT2D eigenvalue weighted by Gasteiger charge is -2.39. The zero-order chi connectivity index (χ0) is 19.0. The highest BCUT2D eigenvalue weighted by atomic mass is 32.3. The van der Waals surface area contributed by atoms with Gasteiger partial charge in [0.15, 0.2) is 6.29 Å². The summed E-state index contributed by atoms with van der Waals surface area (Å²) in [5.41, 5.74) is 0. The summed E-state index contributed by atoms with van der Waals surface area (Å²) < 4.78 is 72.7. The van der Waals surface area contributed by atoms with Gasteiger partial charge in [0, 0.05) is 7.11 Å². The molecule has 0 aromatic carbocycles. The van der Waals surface area contributed by atoms with Crippen molar-refractivity contribution in [3.63, 3.8) is 0 Å². The Kier molecular flexibility index (Phi) is 11.2. The fraction of sp³-hybridized carbons (Fsp3) is 1.00. The second-order valence-corrected chi connectivity index (χ2v) is 5.62. The molecule has 0 aromatic rings. The Bertz CT molecular complexity index is 467. The van der Waals surface area contributed by atoms with E-state index in [4.69, 9.17) is 49.6 Å². The molecule has 0 radical (unpaired) electrons. The van der Waals surface area contributed by atoms with E-state index in [-0.39, 0.29) is 0 Å². The van der Waals surface area contributed by atoms with Crippen molar-refractivity contribution in [3.8, 4) is 0 Å². The summed E-state index contributed by atoms with van der Waals surface area (Å²) in [4.78, 5) is 0. The molecule has 23 heavy (non-hydrogen) atoms. The van der Waals surface area contributed by atoms with Crippen LogP contribution in [0.15, 0.2) is 0 Å². The molecular formula is C7H18O14S2. The number of rotatable bonds is 2. The van der Waals surface area contributed by atoms with Gasteiger partial charge in [-0.05, 0) is 0 Å². The maximum absolute atomic E-state index is 9.38. The van der Waals surface area contributed by atoms with Crippen molar-refractivity contribution in [1.29, 1.82) is 0 Å². The van der Waals surface area contributed by atoms with Crippen molar-refractivity contribution in [2.24, 2.45) is 0 Å². The summed E-state index contributed by atoms with van der Waals surface area (Å²) in [7, 11) is -8.05. The van der Waals surface area contributed by atoms with Crippen molar-refractivity contribution >= 4 is 20.8 Å². The van der Waals surface area contributed by atoms with Crippen molar-refractivity contribution in [3.05, 3.63) is 0 Å². The predicted octanol–water partition coefficient (Wildman–Crippen LogP) is -3.87. The highest BCUT2D eigenvalue weighted by Gasteiger charge is 2.43. The largest absolute Gasteiger partial charge is 0.394 e. The van der Waals surface area contributed by atoms with E-state index in [1.807, 2.05) is 0 Å². The van der Waals surface area contributed by atoms with E-state index in [1.54, 1.807) is 0 Å². The van der Waals surface area contributed by atoms with E-state index in [2.05, 4.69) is 0 Å².